The lowest BCUT2D eigenvalue weighted by Crippen LogP contribution is -2.07. The van der Waals surface area contributed by atoms with Gasteiger partial charge < -0.3 is 0 Å². The number of hydrogen-bond acceptors (Lipinski definition) is 2. The highest BCUT2D eigenvalue weighted by Crippen LogP contribution is 2.29. The molecule has 5 heteroatoms. The standard InChI is InChI=1S/C16H11F3O2/c1-3-14(20)11(2)5-4-6-15(21)12-7-9-13(10-8-12)16(17,18)19/h1,7-11H,5H2,2H3. The Balaban J connectivity index is 2.74. The van der Waals surface area contributed by atoms with Crippen LogP contribution in [0.1, 0.15) is 29.3 Å². The first-order valence-electron chi connectivity index (χ1n) is 5.96. The Hall–Kier alpha value is -2.53. The fraction of sp³-hybridized carbons (Fsp3) is 0.250. The van der Waals surface area contributed by atoms with Gasteiger partial charge in [0.25, 0.3) is 0 Å². The minimum absolute atomic E-state index is 0.0615. The molecule has 0 aliphatic heterocycles. The number of terminal acetylenes is 1. The maximum atomic E-state index is 12.4. The number of benzene rings is 1. The van der Waals surface area contributed by atoms with Crippen molar-refractivity contribution in [2.45, 2.75) is 19.5 Å². The summed E-state index contributed by atoms with van der Waals surface area (Å²) in [6, 6.07) is 3.77. The van der Waals surface area contributed by atoms with E-state index in [0.717, 1.165) is 24.3 Å². The summed E-state index contributed by atoms with van der Waals surface area (Å²) >= 11 is 0. The predicted octanol–water partition coefficient (Wildman–Crippen LogP) is 3.12. The zero-order chi connectivity index (χ0) is 16.0. The first-order chi connectivity index (χ1) is 9.75. The molecular weight excluding hydrogens is 281 g/mol. The molecule has 0 aliphatic rings. The molecule has 1 aromatic rings. The summed E-state index contributed by atoms with van der Waals surface area (Å²) in [4.78, 5) is 22.7. The van der Waals surface area contributed by atoms with Crippen molar-refractivity contribution in [1.29, 1.82) is 0 Å². The topological polar surface area (TPSA) is 34.1 Å². The van der Waals surface area contributed by atoms with Crippen molar-refractivity contribution in [3.63, 3.8) is 0 Å². The molecule has 0 aliphatic carbocycles. The summed E-state index contributed by atoms with van der Waals surface area (Å²) < 4.78 is 37.1. The second kappa shape index (κ2) is 6.76. The fourth-order valence-electron chi connectivity index (χ4n) is 1.40. The highest BCUT2D eigenvalue weighted by Gasteiger charge is 2.30. The van der Waals surface area contributed by atoms with Gasteiger partial charge in [0.1, 0.15) is 0 Å². The van der Waals surface area contributed by atoms with Gasteiger partial charge in [-0.25, -0.2) is 0 Å². The molecule has 0 amide bonds. The third-order valence-corrected chi connectivity index (χ3v) is 2.67. The van der Waals surface area contributed by atoms with Gasteiger partial charge in [0, 0.05) is 17.9 Å². The Morgan fingerprint density at radius 2 is 1.81 bits per heavy atom. The Morgan fingerprint density at radius 3 is 2.29 bits per heavy atom. The number of carbonyl (C=O) groups excluding carboxylic acids is 2. The predicted molar refractivity (Wildman–Crippen MR) is 71.2 cm³/mol. The first-order valence-corrected chi connectivity index (χ1v) is 5.96. The molecule has 1 unspecified atom stereocenters. The van der Waals surface area contributed by atoms with Crippen molar-refractivity contribution in [3.05, 3.63) is 35.4 Å². The van der Waals surface area contributed by atoms with E-state index in [-0.39, 0.29) is 12.0 Å². The van der Waals surface area contributed by atoms with E-state index in [1.165, 1.54) is 0 Å². The van der Waals surface area contributed by atoms with E-state index < -0.39 is 29.2 Å². The molecule has 0 saturated carbocycles. The highest BCUT2D eigenvalue weighted by atomic mass is 19.4. The molecule has 0 aromatic heterocycles. The molecule has 0 heterocycles. The molecule has 108 valence electrons. The van der Waals surface area contributed by atoms with Gasteiger partial charge in [0.05, 0.1) is 5.56 Å². The van der Waals surface area contributed by atoms with Crippen molar-refractivity contribution in [3.8, 4) is 24.2 Å². The van der Waals surface area contributed by atoms with Crippen LogP contribution in [0.2, 0.25) is 0 Å². The van der Waals surface area contributed by atoms with Crippen molar-refractivity contribution >= 4 is 11.6 Å². The van der Waals surface area contributed by atoms with Crippen LogP contribution in [0.5, 0.6) is 0 Å². The Bertz CT molecular complexity index is 637. The number of rotatable bonds is 3. The molecule has 0 spiro atoms. The molecule has 1 aromatic carbocycles. The van der Waals surface area contributed by atoms with Crippen LogP contribution in [-0.2, 0) is 11.0 Å². The molecule has 2 nitrogen and oxygen atoms in total. The van der Waals surface area contributed by atoms with Crippen LogP contribution in [0.3, 0.4) is 0 Å². The molecule has 1 rings (SSSR count). The van der Waals surface area contributed by atoms with Gasteiger partial charge in [-0.3, -0.25) is 9.59 Å². The van der Waals surface area contributed by atoms with Crippen LogP contribution < -0.4 is 0 Å². The van der Waals surface area contributed by atoms with Gasteiger partial charge >= 0.3 is 6.18 Å². The van der Waals surface area contributed by atoms with Gasteiger partial charge in [-0.2, -0.15) is 13.2 Å². The lowest BCUT2D eigenvalue weighted by molar-refractivity contribution is -0.137. The van der Waals surface area contributed by atoms with Crippen LogP contribution in [0, 0.1) is 30.1 Å². The maximum absolute atomic E-state index is 12.4. The average Bonchev–Trinajstić information content (AvgIpc) is 2.45. The lowest BCUT2D eigenvalue weighted by Gasteiger charge is -2.05. The number of Topliss-reactive ketones (excluding diaryl/α,β-unsaturated/α-hetero) is 2. The normalized spacial score (nSPS) is 11.8. The fourth-order valence-corrected chi connectivity index (χ4v) is 1.40. The maximum Gasteiger partial charge on any atom is 0.416 e. The Labute approximate surface area is 120 Å². The Morgan fingerprint density at radius 1 is 1.24 bits per heavy atom. The molecule has 0 bridgehead atoms. The van der Waals surface area contributed by atoms with Gasteiger partial charge in [0.15, 0.2) is 0 Å². The molecule has 0 saturated heterocycles. The van der Waals surface area contributed by atoms with Crippen LogP contribution >= 0.6 is 0 Å². The van der Waals surface area contributed by atoms with Gasteiger partial charge in [-0.05, 0) is 36.1 Å². The van der Waals surface area contributed by atoms with E-state index in [9.17, 15) is 22.8 Å². The van der Waals surface area contributed by atoms with E-state index in [1.807, 2.05) is 5.92 Å². The summed E-state index contributed by atoms with van der Waals surface area (Å²) in [5.41, 5.74) is -0.772. The van der Waals surface area contributed by atoms with Crippen molar-refractivity contribution in [1.82, 2.24) is 0 Å². The SMILES string of the molecule is C#CC(=O)C(C)CC#CC(=O)c1ccc(C(F)(F)F)cc1. The van der Waals surface area contributed by atoms with Gasteiger partial charge in [0.2, 0.25) is 11.6 Å². The first kappa shape index (κ1) is 16.5. The zero-order valence-corrected chi connectivity index (χ0v) is 11.1. The summed E-state index contributed by atoms with van der Waals surface area (Å²) in [7, 11) is 0. The van der Waals surface area contributed by atoms with E-state index in [1.54, 1.807) is 6.92 Å². The summed E-state index contributed by atoms with van der Waals surface area (Å²) in [5, 5.41) is 0. The number of hydrogen-bond donors (Lipinski definition) is 0. The molecule has 0 fully saturated rings. The number of alkyl halides is 3. The molecule has 0 radical (unpaired) electrons. The summed E-state index contributed by atoms with van der Waals surface area (Å²) in [6.45, 7) is 1.58. The average molecular weight is 292 g/mol. The van der Waals surface area contributed by atoms with E-state index in [4.69, 9.17) is 6.42 Å². The third-order valence-electron chi connectivity index (χ3n) is 2.67. The van der Waals surface area contributed by atoms with E-state index >= 15 is 0 Å². The molecule has 21 heavy (non-hydrogen) atoms. The van der Waals surface area contributed by atoms with Crippen molar-refractivity contribution < 1.29 is 22.8 Å². The van der Waals surface area contributed by atoms with E-state index in [0.29, 0.717) is 0 Å². The van der Waals surface area contributed by atoms with Crippen molar-refractivity contribution in [2.75, 3.05) is 0 Å². The quantitative estimate of drug-likeness (QED) is 0.487. The molecule has 0 N–H and O–H groups in total. The lowest BCUT2D eigenvalue weighted by atomic mass is 10.0. The third kappa shape index (κ3) is 4.81. The second-order valence-electron chi connectivity index (χ2n) is 4.32. The van der Waals surface area contributed by atoms with E-state index in [2.05, 4.69) is 11.8 Å². The number of halogens is 3. The Kier molecular flexibility index (Phi) is 5.32. The largest absolute Gasteiger partial charge is 0.416 e. The summed E-state index contributed by atoms with van der Waals surface area (Å²) in [6.07, 6.45) is 0.613. The van der Waals surface area contributed by atoms with Crippen LogP contribution in [0.4, 0.5) is 13.2 Å². The van der Waals surface area contributed by atoms with Crippen LogP contribution in [0.15, 0.2) is 24.3 Å². The smallest absolute Gasteiger partial charge is 0.285 e. The summed E-state index contributed by atoms with van der Waals surface area (Å²) in [5.74, 6) is 5.24. The van der Waals surface area contributed by atoms with Crippen molar-refractivity contribution in [2.24, 2.45) is 5.92 Å². The van der Waals surface area contributed by atoms with Gasteiger partial charge in [-0.1, -0.05) is 12.8 Å². The second-order valence-corrected chi connectivity index (χ2v) is 4.32. The molecular formula is C16H11F3O2. The minimum Gasteiger partial charge on any atom is -0.285 e. The molecule has 1 atom stereocenters. The number of carbonyl (C=O) groups is 2. The van der Waals surface area contributed by atoms with Crippen LogP contribution in [-0.4, -0.2) is 11.6 Å². The zero-order valence-electron chi connectivity index (χ0n) is 11.1. The van der Waals surface area contributed by atoms with Gasteiger partial charge in [-0.15, -0.1) is 6.42 Å². The van der Waals surface area contributed by atoms with Crippen LogP contribution in [0.25, 0.3) is 0 Å². The monoisotopic (exact) mass is 292 g/mol. The number of ketones is 2. The highest BCUT2D eigenvalue weighted by molar-refractivity contribution is 6.09. The minimum atomic E-state index is -4.45.